The number of hydrogen-bond acceptors (Lipinski definition) is 4. The second-order valence-electron chi connectivity index (χ2n) is 6.65. The lowest BCUT2D eigenvalue weighted by atomic mass is 10.1. The Kier molecular flexibility index (Phi) is 4.76. The van der Waals surface area contributed by atoms with E-state index in [-0.39, 0.29) is 11.8 Å². The first-order valence-corrected chi connectivity index (χ1v) is 9.11. The van der Waals surface area contributed by atoms with Crippen molar-refractivity contribution in [2.75, 3.05) is 22.1 Å². The smallest absolute Gasteiger partial charge is 0.258 e. The molecule has 4 rings (SSSR count). The number of fused-ring (bicyclic) bond motifs is 1. The first-order chi connectivity index (χ1) is 13.6. The Hall–Kier alpha value is -3.67. The number of benzene rings is 2. The van der Waals surface area contributed by atoms with E-state index >= 15 is 0 Å². The molecule has 0 saturated heterocycles. The number of carbonyl (C=O) groups excluding carboxylic acids is 2. The molecule has 2 N–H and O–H groups in total. The number of pyridine rings is 1. The molecule has 0 saturated carbocycles. The predicted molar refractivity (Wildman–Crippen MR) is 110 cm³/mol. The maximum atomic E-state index is 13.0. The maximum absolute atomic E-state index is 13.0. The molecule has 1 aromatic heterocycles. The van der Waals surface area contributed by atoms with E-state index < -0.39 is 0 Å². The van der Waals surface area contributed by atoms with Crippen LogP contribution in [0.5, 0.6) is 0 Å². The zero-order valence-electron chi connectivity index (χ0n) is 15.5. The van der Waals surface area contributed by atoms with Gasteiger partial charge in [0, 0.05) is 42.3 Å². The van der Waals surface area contributed by atoms with Crippen molar-refractivity contribution in [1.29, 1.82) is 0 Å². The number of para-hydroxylation sites is 1. The summed E-state index contributed by atoms with van der Waals surface area (Å²) in [6, 6.07) is 18.8. The van der Waals surface area contributed by atoms with Crippen LogP contribution in [0.4, 0.5) is 22.9 Å². The maximum Gasteiger partial charge on any atom is 0.258 e. The molecule has 2 aromatic carbocycles. The zero-order valence-corrected chi connectivity index (χ0v) is 15.5. The third-order valence-corrected chi connectivity index (χ3v) is 4.59. The summed E-state index contributed by atoms with van der Waals surface area (Å²) in [5.41, 5.74) is 4.21. The SMILES string of the molecule is CC(=O)Nc1cccc(Nc2cc(C(=O)N3CCc4ccccc43)ccn2)c1. The fourth-order valence-electron chi connectivity index (χ4n) is 3.36. The van der Waals surface area contributed by atoms with E-state index in [9.17, 15) is 9.59 Å². The number of nitrogens with zero attached hydrogens (tertiary/aromatic N) is 2. The molecule has 0 bridgehead atoms. The monoisotopic (exact) mass is 372 g/mol. The van der Waals surface area contributed by atoms with Gasteiger partial charge in [-0.1, -0.05) is 24.3 Å². The summed E-state index contributed by atoms with van der Waals surface area (Å²) in [5.74, 6) is 0.398. The minimum atomic E-state index is -0.131. The molecule has 6 heteroatoms. The average molecular weight is 372 g/mol. The normalized spacial score (nSPS) is 12.4. The fraction of sp³-hybridized carbons (Fsp3) is 0.136. The van der Waals surface area contributed by atoms with Crippen LogP contribution in [0.15, 0.2) is 66.9 Å². The van der Waals surface area contributed by atoms with Crippen molar-refractivity contribution in [1.82, 2.24) is 4.98 Å². The molecular formula is C22H20N4O2. The third kappa shape index (κ3) is 3.71. The van der Waals surface area contributed by atoms with Crippen LogP contribution in [0, 0.1) is 0 Å². The van der Waals surface area contributed by atoms with Gasteiger partial charge in [0.2, 0.25) is 5.91 Å². The van der Waals surface area contributed by atoms with E-state index in [1.165, 1.54) is 12.5 Å². The van der Waals surface area contributed by atoms with Crippen molar-refractivity contribution < 1.29 is 9.59 Å². The molecular weight excluding hydrogens is 352 g/mol. The Morgan fingerprint density at radius 3 is 2.68 bits per heavy atom. The number of carbonyl (C=O) groups is 2. The lowest BCUT2D eigenvalue weighted by molar-refractivity contribution is -0.114. The molecule has 0 unspecified atom stereocenters. The third-order valence-electron chi connectivity index (χ3n) is 4.59. The Morgan fingerprint density at radius 1 is 1.00 bits per heavy atom. The summed E-state index contributed by atoms with van der Waals surface area (Å²) < 4.78 is 0. The molecule has 0 atom stereocenters. The zero-order chi connectivity index (χ0) is 19.5. The average Bonchev–Trinajstić information content (AvgIpc) is 3.11. The second kappa shape index (κ2) is 7.52. The Morgan fingerprint density at radius 2 is 1.82 bits per heavy atom. The highest BCUT2D eigenvalue weighted by Gasteiger charge is 2.25. The highest BCUT2D eigenvalue weighted by atomic mass is 16.2. The predicted octanol–water partition coefficient (Wildman–Crippen LogP) is 3.99. The molecule has 2 heterocycles. The largest absolute Gasteiger partial charge is 0.340 e. The molecule has 0 fully saturated rings. The Labute approximate surface area is 163 Å². The lowest BCUT2D eigenvalue weighted by Gasteiger charge is -2.17. The van der Waals surface area contributed by atoms with Gasteiger partial charge in [-0.25, -0.2) is 4.98 Å². The van der Waals surface area contributed by atoms with Gasteiger partial charge >= 0.3 is 0 Å². The van der Waals surface area contributed by atoms with Gasteiger partial charge in [0.15, 0.2) is 0 Å². The standard InChI is InChI=1S/C22H20N4O2/c1-15(27)24-18-6-4-7-19(14-18)25-21-13-17(9-11-23-21)22(28)26-12-10-16-5-2-3-8-20(16)26/h2-9,11,13-14H,10,12H2,1H3,(H,23,25)(H,24,27). The van der Waals surface area contributed by atoms with Gasteiger partial charge < -0.3 is 15.5 Å². The van der Waals surface area contributed by atoms with Crippen LogP contribution in [0.1, 0.15) is 22.8 Å². The van der Waals surface area contributed by atoms with Crippen molar-refractivity contribution >= 4 is 34.7 Å². The molecule has 2 amide bonds. The molecule has 1 aliphatic rings. The van der Waals surface area contributed by atoms with Crippen LogP contribution in [0.3, 0.4) is 0 Å². The van der Waals surface area contributed by atoms with Gasteiger partial charge in [-0.05, 0) is 48.4 Å². The van der Waals surface area contributed by atoms with Gasteiger partial charge in [-0.15, -0.1) is 0 Å². The quantitative estimate of drug-likeness (QED) is 0.726. The van der Waals surface area contributed by atoms with Crippen LogP contribution in [0.25, 0.3) is 0 Å². The van der Waals surface area contributed by atoms with Crippen LogP contribution in [0.2, 0.25) is 0 Å². The topological polar surface area (TPSA) is 74.3 Å². The Balaban J connectivity index is 1.54. The minimum absolute atomic E-state index is 0.0394. The number of anilines is 4. The summed E-state index contributed by atoms with van der Waals surface area (Å²) in [5, 5.41) is 5.94. The van der Waals surface area contributed by atoms with Crippen LogP contribution < -0.4 is 15.5 Å². The Bertz CT molecular complexity index is 1050. The van der Waals surface area contributed by atoms with Crippen molar-refractivity contribution in [3.63, 3.8) is 0 Å². The highest BCUT2D eigenvalue weighted by Crippen LogP contribution is 2.29. The number of aromatic nitrogens is 1. The molecule has 0 aliphatic carbocycles. The van der Waals surface area contributed by atoms with E-state index in [1.807, 2.05) is 47.4 Å². The van der Waals surface area contributed by atoms with E-state index in [0.29, 0.717) is 23.6 Å². The fourth-order valence-corrected chi connectivity index (χ4v) is 3.36. The van der Waals surface area contributed by atoms with Gasteiger partial charge in [-0.3, -0.25) is 9.59 Å². The molecule has 1 aliphatic heterocycles. The van der Waals surface area contributed by atoms with Crippen LogP contribution in [-0.2, 0) is 11.2 Å². The summed E-state index contributed by atoms with van der Waals surface area (Å²) in [4.78, 5) is 30.4. The van der Waals surface area contributed by atoms with E-state index in [0.717, 1.165) is 17.8 Å². The van der Waals surface area contributed by atoms with E-state index in [4.69, 9.17) is 0 Å². The van der Waals surface area contributed by atoms with Crippen LogP contribution in [-0.4, -0.2) is 23.3 Å². The first kappa shape index (κ1) is 17.7. The summed E-state index contributed by atoms with van der Waals surface area (Å²) >= 11 is 0. The van der Waals surface area contributed by atoms with Gasteiger partial charge in [-0.2, -0.15) is 0 Å². The summed E-state index contributed by atoms with van der Waals surface area (Å²) in [7, 11) is 0. The molecule has 6 nitrogen and oxygen atoms in total. The van der Waals surface area contributed by atoms with E-state index in [2.05, 4.69) is 21.7 Å². The number of hydrogen-bond donors (Lipinski definition) is 2. The van der Waals surface area contributed by atoms with Crippen molar-refractivity contribution in [2.24, 2.45) is 0 Å². The molecule has 0 radical (unpaired) electrons. The highest BCUT2D eigenvalue weighted by molar-refractivity contribution is 6.07. The molecule has 140 valence electrons. The molecule has 3 aromatic rings. The number of amides is 2. The summed E-state index contributed by atoms with van der Waals surface area (Å²) in [6.45, 7) is 2.15. The van der Waals surface area contributed by atoms with Gasteiger partial charge in [0.25, 0.3) is 5.91 Å². The number of rotatable bonds is 4. The number of nitrogens with one attached hydrogen (secondary N) is 2. The van der Waals surface area contributed by atoms with Crippen molar-refractivity contribution in [3.05, 3.63) is 78.0 Å². The molecule has 0 spiro atoms. The van der Waals surface area contributed by atoms with Crippen molar-refractivity contribution in [2.45, 2.75) is 13.3 Å². The second-order valence-corrected chi connectivity index (χ2v) is 6.65. The first-order valence-electron chi connectivity index (χ1n) is 9.11. The molecule has 28 heavy (non-hydrogen) atoms. The van der Waals surface area contributed by atoms with Gasteiger partial charge in [0.1, 0.15) is 5.82 Å². The minimum Gasteiger partial charge on any atom is -0.340 e. The van der Waals surface area contributed by atoms with Gasteiger partial charge in [0.05, 0.1) is 0 Å². The lowest BCUT2D eigenvalue weighted by Crippen LogP contribution is -2.28. The van der Waals surface area contributed by atoms with Crippen molar-refractivity contribution in [3.8, 4) is 0 Å². The van der Waals surface area contributed by atoms with Crippen LogP contribution >= 0.6 is 0 Å². The van der Waals surface area contributed by atoms with E-state index in [1.54, 1.807) is 18.3 Å². The summed E-state index contributed by atoms with van der Waals surface area (Å²) in [6.07, 6.45) is 2.49.